The molecule has 0 unspecified atom stereocenters. The molecule has 110 valence electrons. The summed E-state index contributed by atoms with van der Waals surface area (Å²) in [6.07, 6.45) is 0. The number of carboxylic acid groups (broad SMARTS) is 1. The van der Waals surface area contributed by atoms with Gasteiger partial charge in [-0.3, -0.25) is 4.79 Å². The minimum absolute atomic E-state index is 0.0607. The van der Waals surface area contributed by atoms with Crippen molar-refractivity contribution in [3.63, 3.8) is 0 Å². The molecule has 0 saturated carbocycles. The predicted molar refractivity (Wildman–Crippen MR) is 74.5 cm³/mol. The molecule has 0 aliphatic heterocycles. The number of ether oxygens (including phenoxy) is 1. The highest BCUT2D eigenvalue weighted by atomic mass is 19.1. The number of carbonyl (C=O) groups is 1. The second-order valence-electron chi connectivity index (χ2n) is 4.52. The van der Waals surface area contributed by atoms with Crippen LogP contribution in [0.15, 0.2) is 35.1 Å². The first-order chi connectivity index (χ1) is 9.95. The van der Waals surface area contributed by atoms with Gasteiger partial charge in [0.15, 0.2) is 11.6 Å². The van der Waals surface area contributed by atoms with Gasteiger partial charge in [-0.15, -0.1) is 0 Å². The van der Waals surface area contributed by atoms with E-state index in [2.05, 4.69) is 0 Å². The Bertz CT molecular complexity index is 752. The van der Waals surface area contributed by atoms with Gasteiger partial charge in [0.05, 0.1) is 13.7 Å². The number of carboxylic acids is 1. The monoisotopic (exact) mass is 291 g/mol. The Balaban J connectivity index is 2.52. The summed E-state index contributed by atoms with van der Waals surface area (Å²) in [6.45, 7) is 1.60. The van der Waals surface area contributed by atoms with Crippen LogP contribution in [0.5, 0.6) is 5.75 Å². The van der Waals surface area contributed by atoms with Crippen molar-refractivity contribution in [1.82, 2.24) is 4.57 Å². The largest absolute Gasteiger partial charge is 0.494 e. The zero-order valence-corrected chi connectivity index (χ0v) is 11.6. The van der Waals surface area contributed by atoms with Gasteiger partial charge in [0.2, 0.25) is 0 Å². The smallest absolute Gasteiger partial charge is 0.341 e. The Hall–Kier alpha value is -2.63. The predicted octanol–water partition coefficient (Wildman–Crippen LogP) is 2.05. The van der Waals surface area contributed by atoms with E-state index in [0.717, 1.165) is 0 Å². The first-order valence-electron chi connectivity index (χ1n) is 6.20. The molecule has 2 rings (SSSR count). The Morgan fingerprint density at radius 1 is 1.33 bits per heavy atom. The van der Waals surface area contributed by atoms with Gasteiger partial charge in [0.25, 0.3) is 5.56 Å². The number of methoxy groups -OCH3 is 1. The standard InChI is InChI=1S/C15H14FNO4/c1-9-6-7-11(15(19)20)14(18)17(9)8-10-4-3-5-12(21-2)13(10)16/h3-7H,8H2,1-2H3,(H,19,20). The average molecular weight is 291 g/mol. The van der Waals surface area contributed by atoms with Gasteiger partial charge in [-0.25, -0.2) is 9.18 Å². The van der Waals surface area contributed by atoms with E-state index >= 15 is 0 Å². The number of aromatic nitrogens is 1. The molecule has 0 radical (unpaired) electrons. The van der Waals surface area contributed by atoms with E-state index in [1.165, 1.54) is 35.9 Å². The van der Waals surface area contributed by atoms with E-state index in [-0.39, 0.29) is 23.4 Å². The Kier molecular flexibility index (Phi) is 4.07. The van der Waals surface area contributed by atoms with Gasteiger partial charge in [-0.05, 0) is 25.1 Å². The van der Waals surface area contributed by atoms with Gasteiger partial charge in [-0.1, -0.05) is 12.1 Å². The molecule has 6 heteroatoms. The molecule has 0 spiro atoms. The zero-order chi connectivity index (χ0) is 15.6. The van der Waals surface area contributed by atoms with Gasteiger partial charge in [-0.2, -0.15) is 0 Å². The molecule has 0 aliphatic carbocycles. The van der Waals surface area contributed by atoms with Crippen molar-refractivity contribution in [2.75, 3.05) is 7.11 Å². The van der Waals surface area contributed by atoms with E-state index in [0.29, 0.717) is 5.69 Å². The number of pyridine rings is 1. The van der Waals surface area contributed by atoms with Crippen LogP contribution in [0, 0.1) is 12.7 Å². The highest BCUT2D eigenvalue weighted by molar-refractivity contribution is 5.87. The van der Waals surface area contributed by atoms with Crippen LogP contribution in [-0.2, 0) is 6.54 Å². The average Bonchev–Trinajstić information content (AvgIpc) is 2.44. The van der Waals surface area contributed by atoms with E-state index in [4.69, 9.17) is 9.84 Å². The lowest BCUT2D eigenvalue weighted by atomic mass is 10.1. The topological polar surface area (TPSA) is 68.5 Å². The molecule has 2 aromatic rings. The van der Waals surface area contributed by atoms with Gasteiger partial charge in [0.1, 0.15) is 5.56 Å². The summed E-state index contributed by atoms with van der Waals surface area (Å²) in [6, 6.07) is 7.37. The highest BCUT2D eigenvalue weighted by Crippen LogP contribution is 2.20. The van der Waals surface area contributed by atoms with Gasteiger partial charge in [0, 0.05) is 11.3 Å². The number of hydrogen-bond acceptors (Lipinski definition) is 3. The minimum Gasteiger partial charge on any atom is -0.494 e. The number of nitrogens with zero attached hydrogens (tertiary/aromatic N) is 1. The van der Waals surface area contributed by atoms with Crippen molar-refractivity contribution in [2.45, 2.75) is 13.5 Å². The fourth-order valence-corrected chi connectivity index (χ4v) is 2.04. The lowest BCUT2D eigenvalue weighted by Gasteiger charge is -2.12. The molecule has 0 fully saturated rings. The Morgan fingerprint density at radius 3 is 2.67 bits per heavy atom. The third kappa shape index (κ3) is 2.79. The van der Waals surface area contributed by atoms with Crippen LogP contribution >= 0.6 is 0 Å². The van der Waals surface area contributed by atoms with Crippen LogP contribution in [0.25, 0.3) is 0 Å². The molecule has 5 nitrogen and oxygen atoms in total. The lowest BCUT2D eigenvalue weighted by Crippen LogP contribution is -2.28. The molecular weight excluding hydrogens is 277 g/mol. The third-order valence-electron chi connectivity index (χ3n) is 3.21. The van der Waals surface area contributed by atoms with Crippen molar-refractivity contribution in [2.24, 2.45) is 0 Å². The number of rotatable bonds is 4. The normalized spacial score (nSPS) is 10.4. The molecule has 0 amide bonds. The van der Waals surface area contributed by atoms with Crippen LogP contribution in [-0.4, -0.2) is 22.8 Å². The zero-order valence-electron chi connectivity index (χ0n) is 11.6. The van der Waals surface area contributed by atoms with E-state index in [1.54, 1.807) is 13.0 Å². The minimum atomic E-state index is -1.31. The molecular formula is C15H14FNO4. The molecule has 1 aromatic carbocycles. The molecule has 21 heavy (non-hydrogen) atoms. The summed E-state index contributed by atoms with van der Waals surface area (Å²) in [4.78, 5) is 23.1. The quantitative estimate of drug-likeness (QED) is 0.936. The van der Waals surface area contributed by atoms with Crippen LogP contribution in [0.4, 0.5) is 4.39 Å². The van der Waals surface area contributed by atoms with Crippen LogP contribution in [0.3, 0.4) is 0 Å². The summed E-state index contributed by atoms with van der Waals surface area (Å²) in [5.41, 5.74) is -0.206. The maximum atomic E-state index is 14.1. The Morgan fingerprint density at radius 2 is 2.05 bits per heavy atom. The first kappa shape index (κ1) is 14.8. The number of halogens is 1. The summed E-state index contributed by atoms with van der Waals surface area (Å²) < 4.78 is 20.2. The van der Waals surface area contributed by atoms with Crippen molar-refractivity contribution in [1.29, 1.82) is 0 Å². The lowest BCUT2D eigenvalue weighted by molar-refractivity contribution is 0.0694. The maximum Gasteiger partial charge on any atom is 0.341 e. The van der Waals surface area contributed by atoms with Crippen molar-refractivity contribution >= 4 is 5.97 Å². The van der Waals surface area contributed by atoms with Crippen LogP contribution < -0.4 is 10.3 Å². The molecule has 0 bridgehead atoms. The second-order valence-corrected chi connectivity index (χ2v) is 4.52. The van der Waals surface area contributed by atoms with Gasteiger partial charge >= 0.3 is 5.97 Å². The van der Waals surface area contributed by atoms with Gasteiger partial charge < -0.3 is 14.4 Å². The molecule has 1 N–H and O–H groups in total. The van der Waals surface area contributed by atoms with Crippen molar-refractivity contribution < 1.29 is 19.0 Å². The summed E-state index contributed by atoms with van der Waals surface area (Å²) >= 11 is 0. The fraction of sp³-hybridized carbons (Fsp3) is 0.200. The number of hydrogen-bond donors (Lipinski definition) is 1. The fourth-order valence-electron chi connectivity index (χ4n) is 2.04. The van der Waals surface area contributed by atoms with E-state index < -0.39 is 17.3 Å². The molecule has 0 atom stereocenters. The van der Waals surface area contributed by atoms with Crippen molar-refractivity contribution in [3.05, 3.63) is 63.3 Å². The number of benzene rings is 1. The maximum absolute atomic E-state index is 14.1. The second kappa shape index (κ2) is 5.78. The molecule has 0 saturated heterocycles. The first-order valence-corrected chi connectivity index (χ1v) is 6.20. The van der Waals surface area contributed by atoms with Crippen LogP contribution in [0.2, 0.25) is 0 Å². The van der Waals surface area contributed by atoms with E-state index in [9.17, 15) is 14.0 Å². The van der Waals surface area contributed by atoms with Crippen molar-refractivity contribution in [3.8, 4) is 5.75 Å². The third-order valence-corrected chi connectivity index (χ3v) is 3.21. The van der Waals surface area contributed by atoms with E-state index in [1.807, 2.05) is 0 Å². The molecule has 1 aromatic heterocycles. The molecule has 0 aliphatic rings. The molecule has 1 heterocycles. The Labute approximate surface area is 120 Å². The van der Waals surface area contributed by atoms with Crippen LogP contribution in [0.1, 0.15) is 21.6 Å². The number of aryl methyl sites for hydroxylation is 1. The summed E-state index contributed by atoms with van der Waals surface area (Å²) in [5, 5.41) is 8.98. The summed E-state index contributed by atoms with van der Waals surface area (Å²) in [5.74, 6) is -1.79. The number of aromatic carboxylic acids is 1. The SMILES string of the molecule is COc1cccc(Cn2c(C)ccc(C(=O)O)c2=O)c1F. The summed E-state index contributed by atoms with van der Waals surface area (Å²) in [7, 11) is 1.35. The highest BCUT2D eigenvalue weighted by Gasteiger charge is 2.15.